The van der Waals surface area contributed by atoms with Crippen LogP contribution in [0.3, 0.4) is 0 Å². The van der Waals surface area contributed by atoms with E-state index in [1.165, 1.54) is 0 Å². The van der Waals surface area contributed by atoms with Gasteiger partial charge in [-0.05, 0) is 48.6 Å². The van der Waals surface area contributed by atoms with Crippen LogP contribution in [0.1, 0.15) is 42.5 Å². The topological polar surface area (TPSA) is 26.0 Å². The summed E-state index contributed by atoms with van der Waals surface area (Å²) in [5.41, 5.74) is 5.48. The average Bonchev–Trinajstić information content (AvgIpc) is 2.44. The van der Waals surface area contributed by atoms with E-state index in [4.69, 9.17) is 5.73 Å². The third kappa shape index (κ3) is 5.44. The van der Waals surface area contributed by atoms with Gasteiger partial charge in [0.1, 0.15) is 0 Å². The van der Waals surface area contributed by atoms with Crippen LogP contribution in [-0.4, -0.2) is 0 Å². The minimum absolute atomic E-state index is 0.0944. The average molecular weight is 337 g/mol. The van der Waals surface area contributed by atoms with Gasteiger partial charge < -0.3 is 5.73 Å². The summed E-state index contributed by atoms with van der Waals surface area (Å²) in [7, 11) is 0. The van der Waals surface area contributed by atoms with Crippen molar-refractivity contribution in [2.24, 2.45) is 11.7 Å². The molecule has 0 saturated heterocycles. The first-order valence-electron chi connectivity index (χ1n) is 6.90. The van der Waals surface area contributed by atoms with Gasteiger partial charge in [-0.15, -0.1) is 5.73 Å². The van der Waals surface area contributed by atoms with Crippen LogP contribution in [0.5, 0.6) is 0 Å². The highest BCUT2D eigenvalue weighted by atomic mass is 19.4. The highest BCUT2D eigenvalue weighted by Gasteiger charge is 2.37. The fourth-order valence-electron chi connectivity index (χ4n) is 2.17. The summed E-state index contributed by atoms with van der Waals surface area (Å²) < 4.78 is 76.9. The molecule has 2 unspecified atom stereocenters. The summed E-state index contributed by atoms with van der Waals surface area (Å²) in [6.07, 6.45) is -7.31. The highest BCUT2D eigenvalue weighted by molar-refractivity contribution is 5.35. The zero-order chi connectivity index (χ0) is 17.8. The van der Waals surface area contributed by atoms with Crippen LogP contribution in [0, 0.1) is 5.92 Å². The maximum Gasteiger partial charge on any atom is 0.416 e. The van der Waals surface area contributed by atoms with E-state index >= 15 is 0 Å². The van der Waals surface area contributed by atoms with Gasteiger partial charge in [0.05, 0.1) is 11.1 Å². The Hall–Kier alpha value is -1.72. The van der Waals surface area contributed by atoms with E-state index in [1.54, 1.807) is 6.08 Å². The molecule has 0 heterocycles. The van der Waals surface area contributed by atoms with Gasteiger partial charge in [0, 0.05) is 6.04 Å². The molecule has 1 aromatic rings. The van der Waals surface area contributed by atoms with Gasteiger partial charge in [0.2, 0.25) is 0 Å². The Labute approximate surface area is 130 Å². The molecule has 7 heteroatoms. The van der Waals surface area contributed by atoms with Gasteiger partial charge in [-0.25, -0.2) is 0 Å². The molecule has 128 valence electrons. The van der Waals surface area contributed by atoms with Crippen molar-refractivity contribution < 1.29 is 26.3 Å². The third-order valence-electron chi connectivity index (χ3n) is 3.47. The first-order chi connectivity index (χ1) is 10.5. The second-order valence-corrected chi connectivity index (χ2v) is 5.22. The van der Waals surface area contributed by atoms with Crippen molar-refractivity contribution in [3.8, 4) is 0 Å². The van der Waals surface area contributed by atoms with E-state index in [1.807, 2.05) is 6.92 Å². The number of hydrogen-bond donors (Lipinski definition) is 1. The molecular formula is C16H17F6N. The molecule has 0 amide bonds. The summed E-state index contributed by atoms with van der Waals surface area (Å²) in [5.74, 6) is -0.119. The molecule has 1 nitrogen and oxygen atoms in total. The first kappa shape index (κ1) is 19.3. The van der Waals surface area contributed by atoms with E-state index in [2.05, 4.69) is 12.3 Å². The van der Waals surface area contributed by atoms with Crippen molar-refractivity contribution in [1.29, 1.82) is 0 Å². The lowest BCUT2D eigenvalue weighted by molar-refractivity contribution is -0.143. The SMILES string of the molecule is C=C=CC(CC)CC(N)c1cc(C(F)(F)F)cc(C(F)(F)F)c1. The van der Waals surface area contributed by atoms with Crippen LogP contribution in [0.25, 0.3) is 0 Å². The molecule has 0 aliphatic rings. The van der Waals surface area contributed by atoms with E-state index in [-0.39, 0.29) is 24.0 Å². The number of halogens is 6. The molecule has 1 aromatic carbocycles. The molecular weight excluding hydrogens is 320 g/mol. The van der Waals surface area contributed by atoms with Crippen LogP contribution < -0.4 is 5.73 Å². The van der Waals surface area contributed by atoms with Gasteiger partial charge in [-0.1, -0.05) is 13.5 Å². The summed E-state index contributed by atoms with van der Waals surface area (Å²) >= 11 is 0. The molecule has 0 spiro atoms. The number of rotatable bonds is 5. The van der Waals surface area contributed by atoms with Gasteiger partial charge in [-0.3, -0.25) is 0 Å². The maximum absolute atomic E-state index is 12.8. The fraction of sp³-hybridized carbons (Fsp3) is 0.438. The Bertz CT molecular complexity index is 549. The van der Waals surface area contributed by atoms with Crippen molar-refractivity contribution in [2.75, 3.05) is 0 Å². The van der Waals surface area contributed by atoms with Gasteiger partial charge in [0.25, 0.3) is 0 Å². The van der Waals surface area contributed by atoms with E-state index in [9.17, 15) is 26.3 Å². The minimum Gasteiger partial charge on any atom is -0.324 e. The zero-order valence-electron chi connectivity index (χ0n) is 12.4. The highest BCUT2D eigenvalue weighted by Crippen LogP contribution is 2.38. The first-order valence-corrected chi connectivity index (χ1v) is 6.90. The summed E-state index contributed by atoms with van der Waals surface area (Å²) in [5, 5.41) is 0. The van der Waals surface area contributed by atoms with Crippen LogP contribution in [-0.2, 0) is 12.4 Å². The Morgan fingerprint density at radius 1 is 1.09 bits per heavy atom. The number of alkyl halides is 6. The monoisotopic (exact) mass is 337 g/mol. The lowest BCUT2D eigenvalue weighted by Gasteiger charge is -2.20. The molecule has 0 aliphatic carbocycles. The smallest absolute Gasteiger partial charge is 0.324 e. The Morgan fingerprint density at radius 2 is 1.57 bits per heavy atom. The molecule has 0 bridgehead atoms. The number of allylic oxidation sites excluding steroid dienone is 1. The van der Waals surface area contributed by atoms with Gasteiger partial charge >= 0.3 is 12.4 Å². The normalized spacial score (nSPS) is 15.0. The fourth-order valence-corrected chi connectivity index (χ4v) is 2.17. The number of nitrogens with two attached hydrogens (primary N) is 1. The van der Waals surface area contributed by atoms with Crippen LogP contribution in [0.15, 0.2) is 36.6 Å². The Morgan fingerprint density at radius 3 is 1.91 bits per heavy atom. The number of hydrogen-bond acceptors (Lipinski definition) is 1. The Kier molecular flexibility index (Phi) is 6.08. The van der Waals surface area contributed by atoms with Crippen molar-refractivity contribution in [1.82, 2.24) is 0 Å². The molecule has 2 atom stereocenters. The molecule has 1 rings (SSSR count). The summed E-state index contributed by atoms with van der Waals surface area (Å²) in [4.78, 5) is 0. The number of benzene rings is 1. The second-order valence-electron chi connectivity index (χ2n) is 5.22. The van der Waals surface area contributed by atoms with E-state index in [0.717, 1.165) is 0 Å². The molecule has 2 N–H and O–H groups in total. The largest absolute Gasteiger partial charge is 0.416 e. The third-order valence-corrected chi connectivity index (χ3v) is 3.47. The lowest BCUT2D eigenvalue weighted by atomic mass is 9.91. The minimum atomic E-state index is -4.87. The van der Waals surface area contributed by atoms with Crippen molar-refractivity contribution in [3.05, 3.63) is 53.3 Å². The van der Waals surface area contributed by atoms with Gasteiger partial charge in [-0.2, -0.15) is 26.3 Å². The van der Waals surface area contributed by atoms with Crippen molar-refractivity contribution in [2.45, 2.75) is 38.2 Å². The van der Waals surface area contributed by atoms with Crippen molar-refractivity contribution in [3.63, 3.8) is 0 Å². The van der Waals surface area contributed by atoms with E-state index < -0.39 is 29.5 Å². The molecule has 0 aliphatic heterocycles. The molecule has 0 fully saturated rings. The van der Waals surface area contributed by atoms with E-state index in [0.29, 0.717) is 18.6 Å². The molecule has 23 heavy (non-hydrogen) atoms. The predicted molar refractivity (Wildman–Crippen MR) is 75.5 cm³/mol. The van der Waals surface area contributed by atoms with Crippen LogP contribution >= 0.6 is 0 Å². The molecule has 0 radical (unpaired) electrons. The maximum atomic E-state index is 12.8. The molecule has 0 saturated carbocycles. The second kappa shape index (κ2) is 7.23. The van der Waals surface area contributed by atoms with Crippen molar-refractivity contribution >= 4 is 0 Å². The lowest BCUT2D eigenvalue weighted by Crippen LogP contribution is -2.18. The van der Waals surface area contributed by atoms with Gasteiger partial charge in [0.15, 0.2) is 0 Å². The van der Waals surface area contributed by atoms with Crippen LogP contribution in [0.2, 0.25) is 0 Å². The Balaban J connectivity index is 3.26. The predicted octanol–water partition coefficient (Wildman–Crippen LogP) is 5.48. The quantitative estimate of drug-likeness (QED) is 0.559. The summed E-state index contributed by atoms with van der Waals surface area (Å²) in [6, 6.07) is 0.485. The summed E-state index contributed by atoms with van der Waals surface area (Å²) in [6.45, 7) is 5.23. The zero-order valence-corrected chi connectivity index (χ0v) is 12.4. The molecule has 0 aromatic heterocycles. The standard InChI is InChI=1S/C16H17F6N/c1-3-5-10(4-2)6-14(23)11-7-12(15(17,18)19)9-13(8-11)16(20,21)22/h5,7-10,14H,1,4,6,23H2,2H3. The van der Waals surface area contributed by atoms with Crippen LogP contribution in [0.4, 0.5) is 26.3 Å².